The van der Waals surface area contributed by atoms with Crippen LogP contribution in [0.5, 0.6) is 0 Å². The standard InChI is InChI=1S/C14H25NO5/c1-13(2,3)19-11(17)9-7-15(8-10(9)16)12(18)20-14(4,5)6/h9-10,16H,7-8H2,1-6H3. The van der Waals surface area contributed by atoms with Crippen molar-refractivity contribution in [1.29, 1.82) is 0 Å². The quantitative estimate of drug-likeness (QED) is 0.741. The van der Waals surface area contributed by atoms with Gasteiger partial charge in [0.1, 0.15) is 17.1 Å². The Bertz CT molecular complexity index is 380. The number of aliphatic hydroxyl groups is 1. The van der Waals surface area contributed by atoms with E-state index in [1.165, 1.54) is 4.90 Å². The Morgan fingerprint density at radius 2 is 1.50 bits per heavy atom. The maximum absolute atomic E-state index is 12.0. The minimum atomic E-state index is -0.919. The lowest BCUT2D eigenvalue weighted by atomic mass is 10.1. The zero-order chi connectivity index (χ0) is 15.7. The summed E-state index contributed by atoms with van der Waals surface area (Å²) < 4.78 is 10.5. The third-order valence-corrected chi connectivity index (χ3v) is 2.65. The zero-order valence-corrected chi connectivity index (χ0v) is 13.1. The van der Waals surface area contributed by atoms with Gasteiger partial charge in [0.05, 0.1) is 12.6 Å². The highest BCUT2D eigenvalue weighted by molar-refractivity contribution is 5.77. The van der Waals surface area contributed by atoms with Gasteiger partial charge in [0, 0.05) is 6.54 Å². The second kappa shape index (κ2) is 5.60. The van der Waals surface area contributed by atoms with E-state index < -0.39 is 35.3 Å². The number of likely N-dealkylation sites (tertiary alicyclic amines) is 1. The van der Waals surface area contributed by atoms with Gasteiger partial charge in [-0.15, -0.1) is 0 Å². The first-order valence-corrected chi connectivity index (χ1v) is 6.78. The largest absolute Gasteiger partial charge is 0.460 e. The van der Waals surface area contributed by atoms with E-state index in [1.807, 2.05) is 0 Å². The predicted molar refractivity (Wildman–Crippen MR) is 73.1 cm³/mol. The van der Waals surface area contributed by atoms with Crippen molar-refractivity contribution >= 4 is 12.1 Å². The van der Waals surface area contributed by atoms with E-state index in [1.54, 1.807) is 41.5 Å². The van der Waals surface area contributed by atoms with E-state index in [0.717, 1.165) is 0 Å². The van der Waals surface area contributed by atoms with E-state index in [9.17, 15) is 14.7 Å². The van der Waals surface area contributed by atoms with E-state index in [-0.39, 0.29) is 13.1 Å². The lowest BCUT2D eigenvalue weighted by Gasteiger charge is -2.24. The number of esters is 1. The Balaban J connectivity index is 2.63. The van der Waals surface area contributed by atoms with Gasteiger partial charge < -0.3 is 19.5 Å². The minimum absolute atomic E-state index is 0.0822. The molecule has 0 bridgehead atoms. The first kappa shape index (κ1) is 16.8. The Morgan fingerprint density at radius 3 is 1.95 bits per heavy atom. The van der Waals surface area contributed by atoms with Gasteiger partial charge in [-0.25, -0.2) is 4.79 Å². The first-order chi connectivity index (χ1) is 8.89. The lowest BCUT2D eigenvalue weighted by Crippen LogP contribution is -2.36. The summed E-state index contributed by atoms with van der Waals surface area (Å²) >= 11 is 0. The average molecular weight is 287 g/mol. The lowest BCUT2D eigenvalue weighted by molar-refractivity contribution is -0.162. The number of aliphatic hydroxyl groups excluding tert-OH is 1. The van der Waals surface area contributed by atoms with E-state index in [4.69, 9.17) is 9.47 Å². The van der Waals surface area contributed by atoms with Gasteiger partial charge in [-0.1, -0.05) is 0 Å². The van der Waals surface area contributed by atoms with Crippen LogP contribution in [0.3, 0.4) is 0 Å². The first-order valence-electron chi connectivity index (χ1n) is 6.78. The number of ether oxygens (including phenoxy) is 2. The van der Waals surface area contributed by atoms with Crippen molar-refractivity contribution in [3.63, 3.8) is 0 Å². The molecule has 1 saturated heterocycles. The highest BCUT2D eigenvalue weighted by atomic mass is 16.6. The van der Waals surface area contributed by atoms with Crippen molar-refractivity contribution in [3.8, 4) is 0 Å². The molecule has 0 aromatic carbocycles. The molecule has 116 valence electrons. The van der Waals surface area contributed by atoms with Crippen molar-refractivity contribution in [2.75, 3.05) is 13.1 Å². The van der Waals surface area contributed by atoms with Crippen LogP contribution in [0.2, 0.25) is 0 Å². The van der Waals surface area contributed by atoms with Crippen LogP contribution < -0.4 is 0 Å². The van der Waals surface area contributed by atoms with E-state index >= 15 is 0 Å². The highest BCUT2D eigenvalue weighted by Gasteiger charge is 2.42. The van der Waals surface area contributed by atoms with Crippen molar-refractivity contribution in [1.82, 2.24) is 4.90 Å². The monoisotopic (exact) mass is 287 g/mol. The molecule has 6 nitrogen and oxygen atoms in total. The van der Waals surface area contributed by atoms with Crippen LogP contribution in [-0.2, 0) is 14.3 Å². The Labute approximate surface area is 120 Å². The smallest absolute Gasteiger partial charge is 0.410 e. The Hall–Kier alpha value is -1.30. The van der Waals surface area contributed by atoms with Crippen LogP contribution >= 0.6 is 0 Å². The van der Waals surface area contributed by atoms with Gasteiger partial charge in [-0.05, 0) is 41.5 Å². The molecule has 2 atom stereocenters. The number of carbonyl (C=O) groups is 2. The number of amides is 1. The van der Waals surface area contributed by atoms with Gasteiger partial charge in [0.25, 0.3) is 0 Å². The second-order valence-corrected chi connectivity index (χ2v) is 7.09. The summed E-state index contributed by atoms with van der Waals surface area (Å²) in [7, 11) is 0. The van der Waals surface area contributed by atoms with Crippen molar-refractivity contribution in [3.05, 3.63) is 0 Å². The summed E-state index contributed by atoms with van der Waals surface area (Å²) in [6.07, 6.45) is -1.44. The molecule has 0 aromatic rings. The van der Waals surface area contributed by atoms with Crippen molar-refractivity contribution in [2.45, 2.75) is 58.8 Å². The van der Waals surface area contributed by atoms with Crippen LogP contribution in [0.4, 0.5) is 4.79 Å². The van der Waals surface area contributed by atoms with Gasteiger partial charge in [-0.2, -0.15) is 0 Å². The number of rotatable bonds is 1. The summed E-state index contributed by atoms with van der Waals surface area (Å²) in [4.78, 5) is 25.2. The number of carbonyl (C=O) groups excluding carboxylic acids is 2. The molecule has 20 heavy (non-hydrogen) atoms. The molecule has 0 spiro atoms. The number of hydrogen-bond acceptors (Lipinski definition) is 5. The van der Waals surface area contributed by atoms with Crippen LogP contribution in [0.25, 0.3) is 0 Å². The summed E-state index contributed by atoms with van der Waals surface area (Å²) in [5.41, 5.74) is -1.22. The minimum Gasteiger partial charge on any atom is -0.460 e. The van der Waals surface area contributed by atoms with Crippen LogP contribution in [0, 0.1) is 5.92 Å². The fourth-order valence-electron chi connectivity index (χ4n) is 1.87. The molecule has 0 saturated carbocycles. The van der Waals surface area contributed by atoms with Gasteiger partial charge >= 0.3 is 12.1 Å². The third kappa shape index (κ3) is 5.00. The molecular formula is C14H25NO5. The highest BCUT2D eigenvalue weighted by Crippen LogP contribution is 2.23. The molecule has 1 fully saturated rings. The van der Waals surface area contributed by atoms with Crippen LogP contribution in [-0.4, -0.2) is 52.5 Å². The van der Waals surface area contributed by atoms with Crippen LogP contribution in [0.1, 0.15) is 41.5 Å². The molecule has 0 aromatic heterocycles. The number of hydrogen-bond donors (Lipinski definition) is 1. The zero-order valence-electron chi connectivity index (χ0n) is 13.1. The Kier molecular flexibility index (Phi) is 4.69. The molecule has 0 aliphatic carbocycles. The predicted octanol–water partition coefficient (Wildman–Crippen LogP) is 1.56. The van der Waals surface area contributed by atoms with E-state index in [0.29, 0.717) is 0 Å². The molecule has 1 N–H and O–H groups in total. The summed E-state index contributed by atoms with van der Waals surface area (Å²) in [5, 5.41) is 9.92. The SMILES string of the molecule is CC(C)(C)OC(=O)C1CN(C(=O)OC(C)(C)C)CC1O. The van der Waals surface area contributed by atoms with Crippen molar-refractivity contribution in [2.24, 2.45) is 5.92 Å². The second-order valence-electron chi connectivity index (χ2n) is 7.09. The number of nitrogens with zero attached hydrogens (tertiary/aromatic N) is 1. The maximum Gasteiger partial charge on any atom is 0.410 e. The normalized spacial score (nSPS) is 23.6. The molecular weight excluding hydrogens is 262 g/mol. The maximum atomic E-state index is 12.0. The molecule has 6 heteroatoms. The van der Waals surface area contributed by atoms with Crippen molar-refractivity contribution < 1.29 is 24.2 Å². The fourth-order valence-corrected chi connectivity index (χ4v) is 1.87. The van der Waals surface area contributed by atoms with E-state index in [2.05, 4.69) is 0 Å². The summed E-state index contributed by atoms with van der Waals surface area (Å²) in [5.74, 6) is -1.21. The average Bonchev–Trinajstić information content (AvgIpc) is 2.55. The van der Waals surface area contributed by atoms with Gasteiger partial charge in [0.2, 0.25) is 0 Å². The molecule has 1 rings (SSSR count). The van der Waals surface area contributed by atoms with Gasteiger partial charge in [0.15, 0.2) is 0 Å². The molecule has 1 heterocycles. The van der Waals surface area contributed by atoms with Crippen LogP contribution in [0.15, 0.2) is 0 Å². The molecule has 1 aliphatic rings. The topological polar surface area (TPSA) is 76.1 Å². The summed E-state index contributed by atoms with van der Waals surface area (Å²) in [6.45, 7) is 10.8. The van der Waals surface area contributed by atoms with Gasteiger partial charge in [-0.3, -0.25) is 4.79 Å². The Morgan fingerprint density at radius 1 is 1.00 bits per heavy atom. The molecule has 1 amide bonds. The fraction of sp³-hybridized carbons (Fsp3) is 0.857. The molecule has 2 unspecified atom stereocenters. The summed E-state index contributed by atoms with van der Waals surface area (Å²) in [6, 6.07) is 0. The number of β-amino-alcohol motifs (C(OH)–C–C–N with tert-alkyl or cyclic N) is 1. The molecule has 0 radical (unpaired) electrons. The molecule has 1 aliphatic heterocycles. The third-order valence-electron chi connectivity index (χ3n) is 2.65.